The molecule has 1 amide bonds. The highest BCUT2D eigenvalue weighted by Gasteiger charge is 2.36. The second-order valence-electron chi connectivity index (χ2n) is 9.03. The van der Waals surface area contributed by atoms with Crippen molar-refractivity contribution in [2.24, 2.45) is 11.7 Å². The minimum Gasteiger partial charge on any atom is -0.435 e. The first kappa shape index (κ1) is 26.2. The third-order valence-electron chi connectivity index (χ3n) is 6.50. The van der Waals surface area contributed by atoms with Gasteiger partial charge in [-0.1, -0.05) is 12.1 Å². The predicted octanol–water partition coefficient (Wildman–Crippen LogP) is 3.33. The van der Waals surface area contributed by atoms with Crippen molar-refractivity contribution >= 4 is 27.2 Å². The third-order valence-corrected chi connectivity index (χ3v) is 8.31. The molecule has 0 radical (unpaired) electrons. The van der Waals surface area contributed by atoms with Gasteiger partial charge in [-0.2, -0.15) is 8.78 Å². The Morgan fingerprint density at radius 2 is 1.83 bits per heavy atom. The molecule has 1 atom stereocenters. The largest absolute Gasteiger partial charge is 0.435 e. The van der Waals surface area contributed by atoms with Crippen LogP contribution in [0.25, 0.3) is 0 Å². The van der Waals surface area contributed by atoms with E-state index in [1.807, 2.05) is 0 Å². The first-order valence-electron chi connectivity index (χ1n) is 11.7. The van der Waals surface area contributed by atoms with E-state index in [9.17, 15) is 26.8 Å². The Balaban J connectivity index is 1.62. The van der Waals surface area contributed by atoms with Gasteiger partial charge in [0.15, 0.2) is 15.6 Å². The van der Waals surface area contributed by atoms with Gasteiger partial charge in [-0.3, -0.25) is 9.59 Å². The lowest BCUT2D eigenvalue weighted by atomic mass is 9.92. The van der Waals surface area contributed by atoms with Crippen molar-refractivity contribution in [2.75, 3.05) is 23.9 Å². The van der Waals surface area contributed by atoms with Gasteiger partial charge in [-0.05, 0) is 61.1 Å². The number of ketones is 1. The molecule has 2 aliphatic heterocycles. The molecular weight excluding hydrogens is 494 g/mol. The van der Waals surface area contributed by atoms with Gasteiger partial charge in [-0.25, -0.2) is 8.42 Å². The quantitative estimate of drug-likeness (QED) is 0.529. The highest BCUT2D eigenvalue weighted by Crippen LogP contribution is 2.33. The lowest BCUT2D eigenvalue weighted by Crippen LogP contribution is -2.45. The van der Waals surface area contributed by atoms with Crippen molar-refractivity contribution in [2.45, 2.75) is 49.8 Å². The second kappa shape index (κ2) is 11.0. The SMILES string of the molecule is N[C@H]1CS(=O)(=O)c2ccc(C(=O)CCC3CCOCC3)cc2N(Cc2ccc(OC(F)F)cc2)C1=O. The van der Waals surface area contributed by atoms with Crippen molar-refractivity contribution in [1.29, 1.82) is 0 Å². The van der Waals surface area contributed by atoms with Crippen molar-refractivity contribution in [3.05, 3.63) is 53.6 Å². The molecule has 194 valence electrons. The zero-order chi connectivity index (χ0) is 25.9. The van der Waals surface area contributed by atoms with E-state index in [4.69, 9.17) is 10.5 Å². The molecule has 2 aromatic rings. The van der Waals surface area contributed by atoms with Crippen LogP contribution in [0, 0.1) is 5.92 Å². The lowest BCUT2D eigenvalue weighted by Gasteiger charge is -2.25. The van der Waals surface area contributed by atoms with E-state index in [2.05, 4.69) is 4.74 Å². The number of carbonyl (C=O) groups excluding carboxylic acids is 2. The summed E-state index contributed by atoms with van der Waals surface area (Å²) >= 11 is 0. The molecule has 0 aliphatic carbocycles. The summed E-state index contributed by atoms with van der Waals surface area (Å²) in [6.45, 7) is -1.67. The van der Waals surface area contributed by atoms with E-state index in [0.29, 0.717) is 43.1 Å². The Bertz CT molecular complexity index is 1210. The number of Topliss-reactive ketones (excluding diaryl/α,β-unsaturated/α-hetero) is 1. The van der Waals surface area contributed by atoms with Crippen LogP contribution < -0.4 is 15.4 Å². The Kier molecular flexibility index (Phi) is 8.01. The molecule has 1 saturated heterocycles. The van der Waals surface area contributed by atoms with E-state index in [1.54, 1.807) is 0 Å². The Morgan fingerprint density at radius 3 is 2.50 bits per heavy atom. The third kappa shape index (κ3) is 6.08. The van der Waals surface area contributed by atoms with Crippen LogP contribution in [-0.4, -0.2) is 51.7 Å². The maximum absolute atomic E-state index is 13.1. The molecule has 0 saturated carbocycles. The van der Waals surface area contributed by atoms with Gasteiger partial charge in [0.05, 0.1) is 28.9 Å². The van der Waals surface area contributed by atoms with Crippen molar-refractivity contribution < 1.29 is 36.3 Å². The number of nitrogens with two attached hydrogens (primary N) is 1. The van der Waals surface area contributed by atoms with Gasteiger partial charge < -0.3 is 20.1 Å². The smallest absolute Gasteiger partial charge is 0.387 e. The summed E-state index contributed by atoms with van der Waals surface area (Å²) in [5.41, 5.74) is 6.87. The molecule has 0 spiro atoms. The number of amides is 1. The normalized spacial score (nSPS) is 20.2. The highest BCUT2D eigenvalue weighted by molar-refractivity contribution is 7.91. The minimum absolute atomic E-state index is 0.0481. The van der Waals surface area contributed by atoms with Gasteiger partial charge in [-0.15, -0.1) is 0 Å². The van der Waals surface area contributed by atoms with Gasteiger partial charge >= 0.3 is 6.61 Å². The summed E-state index contributed by atoms with van der Waals surface area (Å²) in [7, 11) is -3.89. The maximum Gasteiger partial charge on any atom is 0.387 e. The first-order valence-corrected chi connectivity index (χ1v) is 13.4. The first-order chi connectivity index (χ1) is 17.1. The van der Waals surface area contributed by atoms with E-state index in [1.165, 1.54) is 47.4 Å². The van der Waals surface area contributed by atoms with Crippen LogP contribution >= 0.6 is 0 Å². The van der Waals surface area contributed by atoms with Gasteiger partial charge in [0.2, 0.25) is 5.91 Å². The van der Waals surface area contributed by atoms with Crippen LogP contribution in [0.15, 0.2) is 47.4 Å². The summed E-state index contributed by atoms with van der Waals surface area (Å²) < 4.78 is 60.6. The summed E-state index contributed by atoms with van der Waals surface area (Å²) in [5.74, 6) is -0.966. The molecule has 2 aliphatic rings. The zero-order valence-electron chi connectivity index (χ0n) is 19.6. The Morgan fingerprint density at radius 1 is 1.14 bits per heavy atom. The molecule has 11 heteroatoms. The van der Waals surface area contributed by atoms with E-state index in [-0.39, 0.29) is 28.7 Å². The van der Waals surface area contributed by atoms with Crippen LogP contribution in [0.4, 0.5) is 14.5 Å². The number of fused-ring (bicyclic) bond motifs is 1. The average Bonchev–Trinajstić information content (AvgIpc) is 2.92. The van der Waals surface area contributed by atoms with Gasteiger partial charge in [0, 0.05) is 25.2 Å². The van der Waals surface area contributed by atoms with Crippen LogP contribution in [0.1, 0.15) is 41.6 Å². The molecule has 2 aromatic carbocycles. The number of halogens is 2. The number of ether oxygens (including phenoxy) is 2. The minimum atomic E-state index is -3.89. The number of rotatable bonds is 8. The molecular formula is C25H28F2N2O6S. The fraction of sp³-hybridized carbons (Fsp3) is 0.440. The summed E-state index contributed by atoms with van der Waals surface area (Å²) in [6, 6.07) is 8.62. The molecule has 8 nitrogen and oxygen atoms in total. The van der Waals surface area contributed by atoms with E-state index < -0.39 is 34.2 Å². The fourth-order valence-electron chi connectivity index (χ4n) is 4.52. The highest BCUT2D eigenvalue weighted by atomic mass is 32.2. The second-order valence-corrected chi connectivity index (χ2v) is 11.0. The standard InChI is InChI=1S/C25H28F2N2O6S/c26-25(27)35-19-5-1-17(2-6-19)14-29-21-13-18(22(30)7-3-16-9-11-34-12-10-16)4-8-23(21)36(32,33)15-20(28)24(29)31/h1-2,4-6,8,13,16,20,25H,3,7,9-12,14-15,28H2/t20-/m0/s1. The van der Waals surface area contributed by atoms with Crippen molar-refractivity contribution in [3.8, 4) is 5.75 Å². The maximum atomic E-state index is 13.1. The fourth-order valence-corrected chi connectivity index (χ4v) is 6.08. The molecule has 0 bridgehead atoms. The van der Waals surface area contributed by atoms with E-state index >= 15 is 0 Å². The van der Waals surface area contributed by atoms with Gasteiger partial charge in [0.25, 0.3) is 0 Å². The molecule has 36 heavy (non-hydrogen) atoms. The van der Waals surface area contributed by atoms with Crippen LogP contribution in [0.5, 0.6) is 5.75 Å². The molecule has 1 fully saturated rings. The average molecular weight is 523 g/mol. The van der Waals surface area contributed by atoms with Crippen molar-refractivity contribution in [1.82, 2.24) is 0 Å². The topological polar surface area (TPSA) is 116 Å². The zero-order valence-corrected chi connectivity index (χ0v) is 20.4. The molecule has 2 N–H and O–H groups in total. The molecule has 0 aromatic heterocycles. The number of hydrogen-bond donors (Lipinski definition) is 1. The Hall–Kier alpha value is -2.89. The van der Waals surface area contributed by atoms with E-state index in [0.717, 1.165) is 12.8 Å². The number of benzene rings is 2. The monoisotopic (exact) mass is 522 g/mol. The van der Waals surface area contributed by atoms with Crippen LogP contribution in [0.2, 0.25) is 0 Å². The number of sulfone groups is 1. The van der Waals surface area contributed by atoms with Gasteiger partial charge in [0.1, 0.15) is 5.75 Å². The number of carbonyl (C=O) groups is 2. The van der Waals surface area contributed by atoms with Crippen molar-refractivity contribution in [3.63, 3.8) is 0 Å². The van der Waals surface area contributed by atoms with Crippen LogP contribution in [0.3, 0.4) is 0 Å². The Labute approximate surface area is 208 Å². The molecule has 2 heterocycles. The van der Waals surface area contributed by atoms with Crippen LogP contribution in [-0.2, 0) is 25.9 Å². The lowest BCUT2D eigenvalue weighted by molar-refractivity contribution is -0.119. The predicted molar refractivity (Wildman–Crippen MR) is 128 cm³/mol. The summed E-state index contributed by atoms with van der Waals surface area (Å²) in [4.78, 5) is 27.3. The number of nitrogens with zero attached hydrogens (tertiary/aromatic N) is 1. The number of hydrogen-bond acceptors (Lipinski definition) is 7. The number of alkyl halides is 2. The molecule has 4 rings (SSSR count). The number of anilines is 1. The molecule has 0 unspecified atom stereocenters. The summed E-state index contributed by atoms with van der Waals surface area (Å²) in [6.07, 6.45) is 2.81. The summed E-state index contributed by atoms with van der Waals surface area (Å²) in [5, 5.41) is 0.